The van der Waals surface area contributed by atoms with Gasteiger partial charge in [-0.15, -0.1) is 0 Å². The second-order valence-corrected chi connectivity index (χ2v) is 7.59. The first-order valence-corrected chi connectivity index (χ1v) is 7.60. The Labute approximate surface area is 130 Å². The van der Waals surface area contributed by atoms with Crippen LogP contribution in [-0.2, 0) is 15.1 Å². The van der Waals surface area contributed by atoms with Gasteiger partial charge in [0.05, 0.1) is 6.10 Å². The van der Waals surface area contributed by atoms with E-state index in [1.54, 1.807) is 0 Å². The average molecular weight is 342 g/mol. The fourth-order valence-electron chi connectivity index (χ4n) is 2.20. The average Bonchev–Trinajstić information content (AvgIpc) is 2.26. The monoisotopic (exact) mass is 341 g/mol. The second kappa shape index (κ2) is 6.27. The van der Waals surface area contributed by atoms with E-state index in [1.165, 1.54) is 0 Å². The van der Waals surface area contributed by atoms with Gasteiger partial charge in [0.1, 0.15) is 5.54 Å². The first-order chi connectivity index (χ1) is 9.04. The summed E-state index contributed by atoms with van der Waals surface area (Å²) >= 11 is 3.39. The summed E-state index contributed by atoms with van der Waals surface area (Å²) < 4.78 is 6.33. The molecule has 0 radical (unpaired) electrons. The molecule has 4 heteroatoms. The van der Waals surface area contributed by atoms with Crippen LogP contribution in [0.1, 0.15) is 46.6 Å². The van der Waals surface area contributed by atoms with Crippen LogP contribution < -0.4 is 5.73 Å². The van der Waals surface area contributed by atoms with E-state index in [0.717, 1.165) is 10.0 Å². The fourth-order valence-corrected chi connectivity index (χ4v) is 2.46. The largest absolute Gasteiger partial charge is 0.461 e. The zero-order valence-electron chi connectivity index (χ0n) is 12.9. The Balaban J connectivity index is 3.19. The molecule has 1 rings (SSSR count). The molecule has 0 spiro atoms. The maximum atomic E-state index is 12.5. The van der Waals surface area contributed by atoms with Gasteiger partial charge >= 0.3 is 5.97 Å². The molecule has 0 fully saturated rings. The number of nitrogens with two attached hydrogens (primary N) is 1. The molecule has 0 amide bonds. The Hall–Kier alpha value is -0.870. The summed E-state index contributed by atoms with van der Waals surface area (Å²) in [6, 6.07) is 7.53. The first kappa shape index (κ1) is 17.2. The molecule has 0 saturated heterocycles. The van der Waals surface area contributed by atoms with E-state index in [-0.39, 0.29) is 17.5 Å². The van der Waals surface area contributed by atoms with Crippen LogP contribution in [0.2, 0.25) is 0 Å². The van der Waals surface area contributed by atoms with Gasteiger partial charge in [0, 0.05) is 4.47 Å². The third-order valence-electron chi connectivity index (χ3n) is 2.88. The molecule has 1 atom stereocenters. The highest BCUT2D eigenvalue weighted by Crippen LogP contribution is 2.34. The summed E-state index contributed by atoms with van der Waals surface area (Å²) in [5.41, 5.74) is 6.03. The number of esters is 1. The Kier molecular flexibility index (Phi) is 5.39. The van der Waals surface area contributed by atoms with E-state index in [1.807, 2.05) is 38.1 Å². The molecule has 1 aromatic carbocycles. The van der Waals surface area contributed by atoms with Crippen LogP contribution in [0.15, 0.2) is 28.7 Å². The molecule has 0 aromatic heterocycles. The van der Waals surface area contributed by atoms with E-state index < -0.39 is 5.54 Å². The lowest BCUT2D eigenvalue weighted by Gasteiger charge is -2.34. The zero-order valence-corrected chi connectivity index (χ0v) is 14.5. The van der Waals surface area contributed by atoms with Crippen LogP contribution in [0, 0.1) is 5.41 Å². The number of rotatable bonds is 4. The van der Waals surface area contributed by atoms with Gasteiger partial charge in [-0.25, -0.2) is 4.79 Å². The number of halogens is 1. The molecule has 0 unspecified atom stereocenters. The van der Waals surface area contributed by atoms with Crippen LogP contribution in [0.4, 0.5) is 0 Å². The molecule has 0 aliphatic heterocycles. The SMILES string of the molecule is CC(C)OC(=O)[C@@](N)(CC(C)(C)C)c1ccc(Br)cc1. The van der Waals surface area contributed by atoms with Crippen LogP contribution >= 0.6 is 15.9 Å². The van der Waals surface area contributed by atoms with Crippen LogP contribution in [0.5, 0.6) is 0 Å². The Morgan fingerprint density at radius 3 is 2.15 bits per heavy atom. The van der Waals surface area contributed by atoms with Crippen molar-refractivity contribution in [2.24, 2.45) is 11.1 Å². The third-order valence-corrected chi connectivity index (χ3v) is 3.40. The maximum Gasteiger partial charge on any atom is 0.331 e. The van der Waals surface area contributed by atoms with Crippen molar-refractivity contribution in [3.63, 3.8) is 0 Å². The molecule has 0 saturated carbocycles. The highest BCUT2D eigenvalue weighted by atomic mass is 79.9. The van der Waals surface area contributed by atoms with Gasteiger partial charge in [0.15, 0.2) is 0 Å². The van der Waals surface area contributed by atoms with Crippen LogP contribution in [0.25, 0.3) is 0 Å². The minimum Gasteiger partial charge on any atom is -0.461 e. The summed E-state index contributed by atoms with van der Waals surface area (Å²) in [6.45, 7) is 9.86. The summed E-state index contributed by atoms with van der Waals surface area (Å²) in [7, 11) is 0. The molecule has 20 heavy (non-hydrogen) atoms. The van der Waals surface area contributed by atoms with Gasteiger partial charge in [0.2, 0.25) is 0 Å². The Morgan fingerprint density at radius 1 is 1.25 bits per heavy atom. The molecular formula is C16H24BrNO2. The van der Waals surface area contributed by atoms with E-state index in [4.69, 9.17) is 10.5 Å². The summed E-state index contributed by atoms with van der Waals surface area (Å²) in [5.74, 6) is -0.371. The lowest BCUT2D eigenvalue weighted by Crippen LogP contribution is -2.49. The van der Waals surface area contributed by atoms with Gasteiger partial charge in [0.25, 0.3) is 0 Å². The minimum atomic E-state index is -1.12. The van der Waals surface area contributed by atoms with Gasteiger partial charge in [-0.2, -0.15) is 0 Å². The zero-order chi connectivity index (χ0) is 15.6. The van der Waals surface area contributed by atoms with Crippen molar-refractivity contribution >= 4 is 21.9 Å². The number of benzene rings is 1. The molecule has 0 heterocycles. The van der Waals surface area contributed by atoms with E-state index in [0.29, 0.717) is 6.42 Å². The highest BCUT2D eigenvalue weighted by Gasteiger charge is 2.41. The Bertz CT molecular complexity index is 462. The molecular weight excluding hydrogens is 318 g/mol. The number of carbonyl (C=O) groups excluding carboxylic acids is 1. The maximum absolute atomic E-state index is 12.5. The van der Waals surface area contributed by atoms with Gasteiger partial charge in [-0.1, -0.05) is 48.8 Å². The molecule has 112 valence electrons. The van der Waals surface area contributed by atoms with Crippen molar-refractivity contribution < 1.29 is 9.53 Å². The number of hydrogen-bond donors (Lipinski definition) is 1. The number of carbonyl (C=O) groups is 1. The quantitative estimate of drug-likeness (QED) is 0.842. The van der Waals surface area contributed by atoms with Crippen molar-refractivity contribution in [3.8, 4) is 0 Å². The van der Waals surface area contributed by atoms with E-state index in [9.17, 15) is 4.79 Å². The highest BCUT2D eigenvalue weighted by molar-refractivity contribution is 9.10. The van der Waals surface area contributed by atoms with Gasteiger partial charge < -0.3 is 10.5 Å². The van der Waals surface area contributed by atoms with Crippen molar-refractivity contribution in [2.75, 3.05) is 0 Å². The summed E-state index contributed by atoms with van der Waals surface area (Å²) in [5, 5.41) is 0. The summed E-state index contributed by atoms with van der Waals surface area (Å²) in [4.78, 5) is 12.5. The van der Waals surface area contributed by atoms with Crippen molar-refractivity contribution in [1.29, 1.82) is 0 Å². The first-order valence-electron chi connectivity index (χ1n) is 6.80. The molecule has 0 aliphatic rings. The number of hydrogen-bond acceptors (Lipinski definition) is 3. The number of ether oxygens (including phenoxy) is 1. The lowest BCUT2D eigenvalue weighted by atomic mass is 9.76. The van der Waals surface area contributed by atoms with Crippen molar-refractivity contribution in [3.05, 3.63) is 34.3 Å². The molecule has 3 nitrogen and oxygen atoms in total. The Morgan fingerprint density at radius 2 is 1.75 bits per heavy atom. The molecule has 0 aliphatic carbocycles. The third kappa shape index (κ3) is 4.60. The fraction of sp³-hybridized carbons (Fsp3) is 0.562. The standard InChI is InChI=1S/C16H24BrNO2/c1-11(2)20-14(19)16(18,10-15(3,4)5)12-6-8-13(17)9-7-12/h6-9,11H,10,18H2,1-5H3/t16-/m1/s1. The smallest absolute Gasteiger partial charge is 0.331 e. The summed E-state index contributed by atoms with van der Waals surface area (Å²) in [6.07, 6.45) is 0.341. The topological polar surface area (TPSA) is 52.3 Å². The van der Waals surface area contributed by atoms with Crippen molar-refractivity contribution in [2.45, 2.75) is 52.7 Å². The van der Waals surface area contributed by atoms with Gasteiger partial charge in [-0.05, 0) is 43.4 Å². The van der Waals surface area contributed by atoms with Gasteiger partial charge in [-0.3, -0.25) is 0 Å². The predicted octanol–water partition coefficient (Wildman–Crippen LogP) is 3.99. The molecule has 1 aromatic rings. The molecule has 2 N–H and O–H groups in total. The lowest BCUT2D eigenvalue weighted by molar-refractivity contribution is -0.156. The molecule has 0 bridgehead atoms. The predicted molar refractivity (Wildman–Crippen MR) is 85.3 cm³/mol. The van der Waals surface area contributed by atoms with E-state index in [2.05, 4.69) is 36.7 Å². The van der Waals surface area contributed by atoms with Crippen molar-refractivity contribution in [1.82, 2.24) is 0 Å². The normalized spacial score (nSPS) is 15.0. The minimum absolute atomic E-state index is 0.0855. The van der Waals surface area contributed by atoms with Crippen LogP contribution in [-0.4, -0.2) is 12.1 Å². The second-order valence-electron chi connectivity index (χ2n) is 6.67. The van der Waals surface area contributed by atoms with Crippen LogP contribution in [0.3, 0.4) is 0 Å². The van der Waals surface area contributed by atoms with E-state index >= 15 is 0 Å².